The number of hydrogen-bond donors (Lipinski definition) is 3. The molecule has 0 aliphatic heterocycles. The molecule has 4 aromatic rings. The van der Waals surface area contributed by atoms with Gasteiger partial charge < -0.3 is 4.98 Å². The average molecular weight is 419 g/mol. The summed E-state index contributed by atoms with van der Waals surface area (Å²) in [5.74, 6) is -1.06. The summed E-state index contributed by atoms with van der Waals surface area (Å²) < 4.78 is 0. The van der Waals surface area contributed by atoms with Crippen LogP contribution in [-0.4, -0.2) is 21.8 Å². The van der Waals surface area contributed by atoms with E-state index in [-0.39, 0.29) is 11.1 Å². The molecule has 0 spiro atoms. The molecule has 2 heterocycles. The van der Waals surface area contributed by atoms with E-state index in [9.17, 15) is 14.4 Å². The van der Waals surface area contributed by atoms with Crippen LogP contribution in [0.25, 0.3) is 22.2 Å². The highest BCUT2D eigenvalue weighted by atomic mass is 35.5. The molecule has 8 heteroatoms. The van der Waals surface area contributed by atoms with Crippen LogP contribution in [0, 0.1) is 0 Å². The predicted molar refractivity (Wildman–Crippen MR) is 114 cm³/mol. The molecule has 148 valence electrons. The van der Waals surface area contributed by atoms with Crippen molar-refractivity contribution in [2.75, 3.05) is 0 Å². The first kappa shape index (κ1) is 19.4. The Kier molecular flexibility index (Phi) is 5.28. The molecule has 2 aromatic heterocycles. The highest BCUT2D eigenvalue weighted by Gasteiger charge is 2.15. The van der Waals surface area contributed by atoms with Crippen LogP contribution in [0.15, 0.2) is 77.7 Å². The van der Waals surface area contributed by atoms with Crippen LogP contribution >= 0.6 is 11.6 Å². The molecule has 0 unspecified atom stereocenters. The second kappa shape index (κ2) is 8.18. The summed E-state index contributed by atoms with van der Waals surface area (Å²) in [4.78, 5) is 43.2. The van der Waals surface area contributed by atoms with Crippen LogP contribution < -0.4 is 16.4 Å². The number of halogens is 1. The number of H-pyrrole nitrogens is 1. The third-order valence-corrected chi connectivity index (χ3v) is 4.69. The maximum Gasteiger partial charge on any atom is 0.271 e. The van der Waals surface area contributed by atoms with E-state index in [1.54, 1.807) is 24.3 Å². The smallest absolute Gasteiger partial charge is 0.271 e. The molecule has 0 saturated heterocycles. The molecule has 0 bridgehead atoms. The number of aromatic nitrogens is 2. The van der Waals surface area contributed by atoms with E-state index in [1.165, 1.54) is 18.3 Å². The van der Waals surface area contributed by atoms with Crippen LogP contribution in [-0.2, 0) is 0 Å². The molecule has 0 atom stereocenters. The van der Waals surface area contributed by atoms with E-state index in [2.05, 4.69) is 20.8 Å². The monoisotopic (exact) mass is 418 g/mol. The Bertz CT molecular complexity index is 1300. The lowest BCUT2D eigenvalue weighted by atomic mass is 10.0. The van der Waals surface area contributed by atoms with Crippen LogP contribution in [0.3, 0.4) is 0 Å². The minimum absolute atomic E-state index is 0.205. The number of aromatic amines is 1. The van der Waals surface area contributed by atoms with Gasteiger partial charge in [0.25, 0.3) is 11.8 Å². The number of fused-ring (bicyclic) bond motifs is 1. The fraction of sp³-hybridized carbons (Fsp3) is 0. The number of nitrogens with one attached hydrogen (secondary N) is 3. The Labute approximate surface area is 175 Å². The van der Waals surface area contributed by atoms with E-state index >= 15 is 0 Å². The summed E-state index contributed by atoms with van der Waals surface area (Å²) in [7, 11) is 0. The van der Waals surface area contributed by atoms with Gasteiger partial charge in [0.15, 0.2) is 0 Å². The van der Waals surface area contributed by atoms with Crippen molar-refractivity contribution >= 4 is 34.3 Å². The van der Waals surface area contributed by atoms with Gasteiger partial charge in [0.1, 0.15) is 0 Å². The molecule has 30 heavy (non-hydrogen) atoms. The van der Waals surface area contributed by atoms with Crippen molar-refractivity contribution < 1.29 is 9.59 Å². The molecule has 2 aromatic carbocycles. The predicted octanol–water partition coefficient (Wildman–Crippen LogP) is 3.32. The lowest BCUT2D eigenvalue weighted by Gasteiger charge is -2.11. The van der Waals surface area contributed by atoms with Gasteiger partial charge in [0.2, 0.25) is 5.56 Å². The molecule has 4 rings (SSSR count). The average Bonchev–Trinajstić information content (AvgIpc) is 2.77. The van der Waals surface area contributed by atoms with Gasteiger partial charge in [-0.3, -0.25) is 25.2 Å². The Morgan fingerprint density at radius 2 is 1.63 bits per heavy atom. The maximum atomic E-state index is 12.9. The minimum atomic E-state index is -0.559. The van der Waals surface area contributed by atoms with Crippen LogP contribution in [0.1, 0.15) is 20.7 Å². The van der Waals surface area contributed by atoms with E-state index in [0.717, 1.165) is 5.56 Å². The lowest BCUT2D eigenvalue weighted by molar-refractivity contribution is 0.0847. The van der Waals surface area contributed by atoms with Crippen LogP contribution in [0.2, 0.25) is 5.02 Å². The summed E-state index contributed by atoms with van der Waals surface area (Å²) in [5, 5.41) is 1.24. The number of benzene rings is 2. The van der Waals surface area contributed by atoms with Gasteiger partial charge in [-0.15, -0.1) is 0 Å². The van der Waals surface area contributed by atoms with Gasteiger partial charge in [-0.1, -0.05) is 41.9 Å². The van der Waals surface area contributed by atoms with E-state index in [4.69, 9.17) is 11.6 Å². The Hall–Kier alpha value is -3.97. The van der Waals surface area contributed by atoms with Crippen LogP contribution in [0.4, 0.5) is 0 Å². The molecule has 2 amide bonds. The van der Waals surface area contributed by atoms with E-state index < -0.39 is 11.8 Å². The molecule has 0 fully saturated rings. The number of carbonyl (C=O) groups is 2. The molecule has 0 aliphatic carbocycles. The summed E-state index contributed by atoms with van der Waals surface area (Å²) in [6.45, 7) is 0. The molecular weight excluding hydrogens is 404 g/mol. The number of carbonyl (C=O) groups excluding carboxylic acids is 2. The first-order valence-electron chi connectivity index (χ1n) is 8.96. The highest BCUT2D eigenvalue weighted by Crippen LogP contribution is 2.25. The van der Waals surface area contributed by atoms with Crippen molar-refractivity contribution in [1.29, 1.82) is 0 Å². The summed E-state index contributed by atoms with van der Waals surface area (Å²) in [6, 6.07) is 18.6. The fourth-order valence-electron chi connectivity index (χ4n) is 2.94. The summed E-state index contributed by atoms with van der Waals surface area (Å²) in [5.41, 5.74) is 7.04. The zero-order valence-corrected chi connectivity index (χ0v) is 16.2. The third-order valence-electron chi connectivity index (χ3n) is 4.44. The molecule has 0 radical (unpaired) electrons. The quantitative estimate of drug-likeness (QED) is 0.444. The zero-order chi connectivity index (χ0) is 21.1. The van der Waals surface area contributed by atoms with E-state index in [0.29, 0.717) is 27.2 Å². The molecule has 3 N–H and O–H groups in total. The SMILES string of the molecule is O=C(NNC(=O)c1cc(-c2ccc(Cl)cc2)nc2ccccc12)c1ccc(=O)[nH]c1. The third kappa shape index (κ3) is 4.06. The van der Waals surface area contributed by atoms with Crippen molar-refractivity contribution in [1.82, 2.24) is 20.8 Å². The largest absolute Gasteiger partial charge is 0.328 e. The lowest BCUT2D eigenvalue weighted by Crippen LogP contribution is -2.41. The number of amides is 2. The Morgan fingerprint density at radius 3 is 2.37 bits per heavy atom. The molecule has 0 aliphatic rings. The highest BCUT2D eigenvalue weighted by molar-refractivity contribution is 6.30. The van der Waals surface area contributed by atoms with Gasteiger partial charge in [0.05, 0.1) is 22.3 Å². The fourth-order valence-corrected chi connectivity index (χ4v) is 3.06. The van der Waals surface area contributed by atoms with Crippen molar-refractivity contribution in [3.63, 3.8) is 0 Å². The topological polar surface area (TPSA) is 104 Å². The number of para-hydroxylation sites is 1. The molecule has 0 saturated carbocycles. The Balaban J connectivity index is 1.64. The maximum absolute atomic E-state index is 12.9. The van der Waals surface area contributed by atoms with Gasteiger partial charge in [-0.25, -0.2) is 4.98 Å². The molecule has 7 nitrogen and oxygen atoms in total. The second-order valence-electron chi connectivity index (χ2n) is 6.43. The minimum Gasteiger partial charge on any atom is -0.328 e. The van der Waals surface area contributed by atoms with Gasteiger partial charge in [-0.05, 0) is 30.3 Å². The number of hydrazine groups is 1. The zero-order valence-electron chi connectivity index (χ0n) is 15.5. The van der Waals surface area contributed by atoms with Crippen LogP contribution in [0.5, 0.6) is 0 Å². The van der Waals surface area contributed by atoms with Gasteiger partial charge in [-0.2, -0.15) is 0 Å². The number of nitrogens with zero attached hydrogens (tertiary/aromatic N) is 1. The molecular formula is C22H15ClN4O3. The van der Waals surface area contributed by atoms with Crippen molar-refractivity contribution in [3.8, 4) is 11.3 Å². The number of pyridine rings is 2. The van der Waals surface area contributed by atoms with E-state index in [1.807, 2.05) is 30.3 Å². The van der Waals surface area contributed by atoms with Gasteiger partial charge >= 0.3 is 0 Å². The number of hydrogen-bond acceptors (Lipinski definition) is 4. The number of rotatable bonds is 3. The standard InChI is InChI=1S/C22H15ClN4O3/c23-15-8-5-13(6-9-15)19-11-17(16-3-1-2-4-18(16)25-19)22(30)27-26-21(29)14-7-10-20(28)24-12-14/h1-12H,(H,24,28)(H,26,29)(H,27,30). The van der Waals surface area contributed by atoms with Crippen molar-refractivity contribution in [2.24, 2.45) is 0 Å². The summed E-state index contributed by atoms with van der Waals surface area (Å²) >= 11 is 5.96. The normalized spacial score (nSPS) is 10.6. The Morgan fingerprint density at radius 1 is 0.900 bits per heavy atom. The first-order chi connectivity index (χ1) is 14.5. The van der Waals surface area contributed by atoms with Gasteiger partial charge in [0, 0.05) is 28.2 Å². The summed E-state index contributed by atoms with van der Waals surface area (Å²) in [6.07, 6.45) is 1.27. The van der Waals surface area contributed by atoms with Crippen molar-refractivity contribution in [3.05, 3.63) is 99.4 Å². The first-order valence-corrected chi connectivity index (χ1v) is 9.34. The van der Waals surface area contributed by atoms with Crippen molar-refractivity contribution in [2.45, 2.75) is 0 Å². The second-order valence-corrected chi connectivity index (χ2v) is 6.87.